The van der Waals surface area contributed by atoms with Crippen LogP contribution < -0.4 is 20.3 Å². The topological polar surface area (TPSA) is 121 Å². The zero-order chi connectivity index (χ0) is 23.2. The number of aromatic nitrogens is 4. The standard InChI is InChI=1S/C22H26N6O5/c1-27-21(30)15-4-5-17(33-11-3-8-28-9-12-32-13-10-28)19(31-2)18(15)25-22(27)26-20(29)16-14-23-6-7-24-16/h4-7,14H,3,8-13H2,1-2H3,(H,25,26,29). The Kier molecular flexibility index (Phi) is 7.10. The minimum atomic E-state index is -0.528. The summed E-state index contributed by atoms with van der Waals surface area (Å²) in [5.41, 5.74) is 0.0866. The van der Waals surface area contributed by atoms with Crippen molar-refractivity contribution in [2.75, 3.05) is 51.9 Å². The van der Waals surface area contributed by atoms with Crippen molar-refractivity contribution >= 4 is 22.8 Å². The Morgan fingerprint density at radius 1 is 1.24 bits per heavy atom. The van der Waals surface area contributed by atoms with E-state index in [0.717, 1.165) is 39.3 Å². The van der Waals surface area contributed by atoms with Crippen LogP contribution in [0.2, 0.25) is 0 Å². The number of hydrogen-bond donors (Lipinski definition) is 1. The van der Waals surface area contributed by atoms with E-state index in [-0.39, 0.29) is 17.2 Å². The number of nitrogens with one attached hydrogen (secondary N) is 1. The summed E-state index contributed by atoms with van der Waals surface area (Å²) in [6.45, 7) is 4.77. The van der Waals surface area contributed by atoms with Gasteiger partial charge < -0.3 is 14.2 Å². The number of anilines is 1. The molecule has 1 aromatic carbocycles. The Morgan fingerprint density at radius 2 is 2.06 bits per heavy atom. The third kappa shape index (κ3) is 5.10. The van der Waals surface area contributed by atoms with E-state index in [1.807, 2.05) is 0 Å². The van der Waals surface area contributed by atoms with Crippen LogP contribution in [0.5, 0.6) is 11.5 Å². The van der Waals surface area contributed by atoms with Crippen molar-refractivity contribution in [3.05, 3.63) is 46.8 Å². The average molecular weight is 454 g/mol. The molecule has 1 N–H and O–H groups in total. The van der Waals surface area contributed by atoms with Gasteiger partial charge in [0.05, 0.1) is 38.5 Å². The van der Waals surface area contributed by atoms with E-state index in [4.69, 9.17) is 14.2 Å². The maximum absolute atomic E-state index is 12.9. The third-order valence-corrected chi connectivity index (χ3v) is 5.37. The molecule has 1 fully saturated rings. The number of carbonyl (C=O) groups is 1. The van der Waals surface area contributed by atoms with Gasteiger partial charge >= 0.3 is 0 Å². The van der Waals surface area contributed by atoms with E-state index in [2.05, 4.69) is 25.2 Å². The molecule has 0 unspecified atom stereocenters. The molecule has 1 aliphatic rings. The maximum Gasteiger partial charge on any atom is 0.278 e. The molecule has 1 amide bonds. The molecule has 0 radical (unpaired) electrons. The lowest BCUT2D eigenvalue weighted by Crippen LogP contribution is -2.37. The first-order valence-corrected chi connectivity index (χ1v) is 10.7. The van der Waals surface area contributed by atoms with E-state index in [9.17, 15) is 9.59 Å². The van der Waals surface area contributed by atoms with Crippen LogP contribution in [0, 0.1) is 0 Å². The zero-order valence-corrected chi connectivity index (χ0v) is 18.6. The molecule has 1 aliphatic heterocycles. The highest BCUT2D eigenvalue weighted by atomic mass is 16.5. The number of nitrogens with zero attached hydrogens (tertiary/aromatic N) is 5. The quantitative estimate of drug-likeness (QED) is 0.499. The normalized spacial score (nSPS) is 14.2. The van der Waals surface area contributed by atoms with E-state index in [1.54, 1.807) is 12.1 Å². The molecular formula is C22H26N6O5. The minimum Gasteiger partial charge on any atom is -0.491 e. The second-order valence-corrected chi connectivity index (χ2v) is 7.49. The van der Waals surface area contributed by atoms with Crippen molar-refractivity contribution in [3.63, 3.8) is 0 Å². The number of rotatable bonds is 8. The van der Waals surface area contributed by atoms with Crippen LogP contribution in [-0.2, 0) is 11.8 Å². The fraction of sp³-hybridized carbons (Fsp3) is 0.409. The number of carbonyl (C=O) groups excluding carboxylic acids is 1. The summed E-state index contributed by atoms with van der Waals surface area (Å²) in [5, 5.41) is 2.97. The van der Waals surface area contributed by atoms with E-state index < -0.39 is 5.91 Å². The van der Waals surface area contributed by atoms with Gasteiger partial charge in [-0.1, -0.05) is 0 Å². The molecule has 2 aromatic heterocycles. The van der Waals surface area contributed by atoms with Gasteiger partial charge in [-0.15, -0.1) is 0 Å². The molecule has 0 bridgehead atoms. The monoisotopic (exact) mass is 454 g/mol. The van der Waals surface area contributed by atoms with Crippen LogP contribution in [0.1, 0.15) is 16.9 Å². The SMILES string of the molecule is COc1c(OCCCN2CCOCC2)ccc2c(=O)n(C)c(NC(=O)c3cnccn3)nc12. The molecule has 0 saturated carbocycles. The van der Waals surface area contributed by atoms with Crippen LogP contribution in [0.15, 0.2) is 35.5 Å². The summed E-state index contributed by atoms with van der Waals surface area (Å²) >= 11 is 0. The van der Waals surface area contributed by atoms with E-state index in [0.29, 0.717) is 29.0 Å². The van der Waals surface area contributed by atoms with Gasteiger partial charge in [0, 0.05) is 39.1 Å². The Bertz CT molecular complexity index is 1180. The smallest absolute Gasteiger partial charge is 0.278 e. The van der Waals surface area contributed by atoms with Crippen molar-refractivity contribution < 1.29 is 19.0 Å². The average Bonchev–Trinajstić information content (AvgIpc) is 2.85. The second-order valence-electron chi connectivity index (χ2n) is 7.49. The number of ether oxygens (including phenoxy) is 3. The number of methoxy groups -OCH3 is 1. The van der Waals surface area contributed by atoms with Crippen LogP contribution in [0.3, 0.4) is 0 Å². The molecule has 0 aliphatic carbocycles. The van der Waals surface area contributed by atoms with Crippen LogP contribution in [0.4, 0.5) is 5.95 Å². The molecule has 0 spiro atoms. The first-order chi connectivity index (χ1) is 16.1. The molecule has 11 heteroatoms. The number of morpholine rings is 1. The molecular weight excluding hydrogens is 428 g/mol. The minimum absolute atomic E-state index is 0.0610. The molecule has 1 saturated heterocycles. The summed E-state index contributed by atoms with van der Waals surface area (Å²) in [4.78, 5) is 40.1. The third-order valence-electron chi connectivity index (χ3n) is 5.37. The molecule has 174 valence electrons. The molecule has 4 rings (SSSR count). The fourth-order valence-corrected chi connectivity index (χ4v) is 3.59. The number of amides is 1. The summed E-state index contributed by atoms with van der Waals surface area (Å²) in [7, 11) is 3.02. The summed E-state index contributed by atoms with van der Waals surface area (Å²) in [5.74, 6) is 0.357. The lowest BCUT2D eigenvalue weighted by atomic mass is 10.2. The van der Waals surface area contributed by atoms with Gasteiger partial charge in [-0.05, 0) is 18.6 Å². The van der Waals surface area contributed by atoms with Crippen molar-refractivity contribution in [2.24, 2.45) is 7.05 Å². The summed E-state index contributed by atoms with van der Waals surface area (Å²) < 4.78 is 18.1. The zero-order valence-electron chi connectivity index (χ0n) is 18.6. The van der Waals surface area contributed by atoms with Gasteiger partial charge in [-0.25, -0.2) is 9.97 Å². The van der Waals surface area contributed by atoms with Crippen LogP contribution in [0.25, 0.3) is 10.9 Å². The molecule has 3 aromatic rings. The highest BCUT2D eigenvalue weighted by Crippen LogP contribution is 2.33. The van der Waals surface area contributed by atoms with Crippen molar-refractivity contribution in [3.8, 4) is 11.5 Å². The molecule has 33 heavy (non-hydrogen) atoms. The van der Waals surface area contributed by atoms with Gasteiger partial charge in [0.25, 0.3) is 11.5 Å². The van der Waals surface area contributed by atoms with Crippen LogP contribution in [-0.4, -0.2) is 76.9 Å². The number of benzene rings is 1. The van der Waals surface area contributed by atoms with Gasteiger partial charge in [-0.2, -0.15) is 0 Å². The Labute approximate surface area is 190 Å². The highest BCUT2D eigenvalue weighted by molar-refractivity contribution is 6.02. The Balaban J connectivity index is 1.55. The lowest BCUT2D eigenvalue weighted by Gasteiger charge is -2.26. The van der Waals surface area contributed by atoms with Crippen LogP contribution >= 0.6 is 0 Å². The fourth-order valence-electron chi connectivity index (χ4n) is 3.59. The van der Waals surface area contributed by atoms with E-state index >= 15 is 0 Å². The first-order valence-electron chi connectivity index (χ1n) is 10.7. The molecule has 3 heterocycles. The Morgan fingerprint density at radius 3 is 2.79 bits per heavy atom. The molecule has 11 nitrogen and oxygen atoms in total. The maximum atomic E-state index is 12.9. The van der Waals surface area contributed by atoms with Gasteiger partial charge in [0.1, 0.15) is 11.2 Å². The number of hydrogen-bond acceptors (Lipinski definition) is 9. The van der Waals surface area contributed by atoms with Crippen molar-refractivity contribution in [1.82, 2.24) is 24.4 Å². The highest BCUT2D eigenvalue weighted by Gasteiger charge is 2.19. The van der Waals surface area contributed by atoms with E-state index in [1.165, 1.54) is 37.3 Å². The van der Waals surface area contributed by atoms with Gasteiger partial charge in [0.15, 0.2) is 11.5 Å². The van der Waals surface area contributed by atoms with Crippen molar-refractivity contribution in [2.45, 2.75) is 6.42 Å². The van der Waals surface area contributed by atoms with Gasteiger partial charge in [-0.3, -0.25) is 29.4 Å². The predicted molar refractivity (Wildman–Crippen MR) is 121 cm³/mol. The largest absolute Gasteiger partial charge is 0.491 e. The summed E-state index contributed by atoms with van der Waals surface area (Å²) in [6.07, 6.45) is 5.05. The first kappa shape index (κ1) is 22.6. The Hall–Kier alpha value is -3.57. The van der Waals surface area contributed by atoms with Crippen molar-refractivity contribution in [1.29, 1.82) is 0 Å². The molecule has 0 atom stereocenters. The van der Waals surface area contributed by atoms with Gasteiger partial charge in [0.2, 0.25) is 5.95 Å². The number of fused-ring (bicyclic) bond motifs is 1. The predicted octanol–water partition coefficient (Wildman–Crippen LogP) is 1.09. The second kappa shape index (κ2) is 10.4. The summed E-state index contributed by atoms with van der Waals surface area (Å²) in [6, 6.07) is 3.36. The lowest BCUT2D eigenvalue weighted by molar-refractivity contribution is 0.0357.